The van der Waals surface area contributed by atoms with E-state index in [0.29, 0.717) is 11.8 Å². The largest absolute Gasteiger partial charge is 0.484 e. The van der Waals surface area contributed by atoms with E-state index >= 15 is 0 Å². The number of halogens is 1. The van der Waals surface area contributed by atoms with Crippen molar-refractivity contribution in [1.82, 2.24) is 4.90 Å². The van der Waals surface area contributed by atoms with Crippen LogP contribution in [0.5, 0.6) is 5.75 Å². The SMILES string of the molecule is CN(C(=O)COc1cccc(F)c1)C1CCCCCC1. The van der Waals surface area contributed by atoms with Crippen LogP contribution in [-0.2, 0) is 4.79 Å². The number of likely N-dealkylation sites (N-methyl/N-ethyl adjacent to an activating group) is 1. The molecule has 0 atom stereocenters. The van der Waals surface area contributed by atoms with Gasteiger partial charge in [-0.05, 0) is 25.0 Å². The summed E-state index contributed by atoms with van der Waals surface area (Å²) in [7, 11) is 1.84. The lowest BCUT2D eigenvalue weighted by molar-refractivity contribution is -0.134. The first-order valence-electron chi connectivity index (χ1n) is 7.31. The summed E-state index contributed by atoms with van der Waals surface area (Å²) in [5.74, 6) is 0.000786. The highest BCUT2D eigenvalue weighted by Gasteiger charge is 2.21. The number of carbonyl (C=O) groups is 1. The molecule has 20 heavy (non-hydrogen) atoms. The van der Waals surface area contributed by atoms with E-state index in [1.165, 1.54) is 37.8 Å². The predicted octanol–water partition coefficient (Wildman–Crippen LogP) is 3.39. The van der Waals surface area contributed by atoms with Gasteiger partial charge < -0.3 is 9.64 Å². The molecular weight excluding hydrogens is 257 g/mol. The molecule has 1 aliphatic carbocycles. The summed E-state index contributed by atoms with van der Waals surface area (Å²) in [4.78, 5) is 13.9. The van der Waals surface area contributed by atoms with E-state index in [0.717, 1.165) is 12.8 Å². The number of ether oxygens (including phenoxy) is 1. The molecule has 3 nitrogen and oxygen atoms in total. The predicted molar refractivity (Wildman–Crippen MR) is 76.2 cm³/mol. The zero-order valence-electron chi connectivity index (χ0n) is 12.0. The Morgan fingerprint density at radius 1 is 1.30 bits per heavy atom. The first kappa shape index (κ1) is 14.8. The molecule has 0 heterocycles. The van der Waals surface area contributed by atoms with Crippen molar-refractivity contribution < 1.29 is 13.9 Å². The van der Waals surface area contributed by atoms with Gasteiger partial charge in [-0.25, -0.2) is 4.39 Å². The van der Waals surface area contributed by atoms with Crippen LogP contribution in [0.2, 0.25) is 0 Å². The first-order chi connectivity index (χ1) is 9.66. The van der Waals surface area contributed by atoms with Gasteiger partial charge in [0.05, 0.1) is 0 Å². The molecule has 0 saturated heterocycles. The maximum atomic E-state index is 13.0. The van der Waals surface area contributed by atoms with E-state index in [1.807, 2.05) is 7.05 Å². The van der Waals surface area contributed by atoms with Gasteiger partial charge in [-0.2, -0.15) is 0 Å². The molecule has 1 aliphatic rings. The van der Waals surface area contributed by atoms with Crippen molar-refractivity contribution in [2.75, 3.05) is 13.7 Å². The Hall–Kier alpha value is -1.58. The van der Waals surface area contributed by atoms with Crippen LogP contribution in [0.15, 0.2) is 24.3 Å². The summed E-state index contributed by atoms with van der Waals surface area (Å²) in [6, 6.07) is 6.19. The number of carbonyl (C=O) groups excluding carboxylic acids is 1. The molecule has 0 aliphatic heterocycles. The normalized spacial score (nSPS) is 16.5. The first-order valence-corrected chi connectivity index (χ1v) is 7.31. The monoisotopic (exact) mass is 279 g/mol. The van der Waals surface area contributed by atoms with E-state index in [1.54, 1.807) is 17.0 Å². The summed E-state index contributed by atoms with van der Waals surface area (Å²) in [5.41, 5.74) is 0. The van der Waals surface area contributed by atoms with E-state index in [2.05, 4.69) is 0 Å². The second kappa shape index (κ2) is 7.27. The molecule has 4 heteroatoms. The molecule has 0 spiro atoms. The van der Waals surface area contributed by atoms with E-state index in [9.17, 15) is 9.18 Å². The van der Waals surface area contributed by atoms with E-state index in [-0.39, 0.29) is 18.3 Å². The molecule has 0 unspecified atom stereocenters. The van der Waals surface area contributed by atoms with Crippen molar-refractivity contribution in [2.45, 2.75) is 44.6 Å². The fourth-order valence-electron chi connectivity index (χ4n) is 2.65. The molecule has 1 amide bonds. The van der Waals surface area contributed by atoms with Crippen LogP contribution in [0.1, 0.15) is 38.5 Å². The number of benzene rings is 1. The van der Waals surface area contributed by atoms with Crippen molar-refractivity contribution in [3.05, 3.63) is 30.1 Å². The molecule has 1 fully saturated rings. The minimum atomic E-state index is -0.355. The standard InChI is InChI=1S/C16H22FNO2/c1-18(14-8-4-2-3-5-9-14)16(19)12-20-15-10-6-7-13(17)11-15/h6-7,10-11,14H,2-5,8-9,12H2,1H3. The highest BCUT2D eigenvalue weighted by molar-refractivity contribution is 5.77. The number of hydrogen-bond acceptors (Lipinski definition) is 2. The Bertz CT molecular complexity index is 442. The van der Waals surface area contributed by atoms with Gasteiger partial charge in [0.1, 0.15) is 11.6 Å². The van der Waals surface area contributed by atoms with Crippen LogP contribution in [0, 0.1) is 5.82 Å². The Balaban J connectivity index is 1.84. The average molecular weight is 279 g/mol. The Morgan fingerprint density at radius 3 is 2.65 bits per heavy atom. The number of hydrogen-bond donors (Lipinski definition) is 0. The maximum absolute atomic E-state index is 13.0. The molecule has 110 valence electrons. The van der Waals surface area contributed by atoms with Crippen LogP contribution >= 0.6 is 0 Å². The zero-order chi connectivity index (χ0) is 14.4. The fraction of sp³-hybridized carbons (Fsp3) is 0.562. The van der Waals surface area contributed by atoms with Gasteiger partial charge in [-0.15, -0.1) is 0 Å². The van der Waals surface area contributed by atoms with E-state index < -0.39 is 0 Å². The van der Waals surface area contributed by atoms with Crippen molar-refractivity contribution in [3.63, 3.8) is 0 Å². The van der Waals surface area contributed by atoms with Gasteiger partial charge >= 0.3 is 0 Å². The van der Waals surface area contributed by atoms with E-state index in [4.69, 9.17) is 4.74 Å². The Labute approximate surface area is 119 Å². The molecule has 0 N–H and O–H groups in total. The van der Waals surface area contributed by atoms with Gasteiger partial charge in [0.15, 0.2) is 6.61 Å². The van der Waals surface area contributed by atoms with Crippen LogP contribution in [0.3, 0.4) is 0 Å². The third-order valence-corrected chi connectivity index (χ3v) is 3.92. The minimum Gasteiger partial charge on any atom is -0.484 e. The Kier molecular flexibility index (Phi) is 5.39. The molecule has 0 aromatic heterocycles. The quantitative estimate of drug-likeness (QED) is 0.791. The lowest BCUT2D eigenvalue weighted by Crippen LogP contribution is -2.39. The maximum Gasteiger partial charge on any atom is 0.260 e. The molecule has 1 saturated carbocycles. The summed E-state index contributed by atoms with van der Waals surface area (Å²) in [5, 5.41) is 0. The summed E-state index contributed by atoms with van der Waals surface area (Å²) in [6.07, 6.45) is 7.04. The molecular formula is C16H22FNO2. The topological polar surface area (TPSA) is 29.5 Å². The molecule has 1 aromatic rings. The summed E-state index contributed by atoms with van der Waals surface area (Å²) in [6.45, 7) is -0.0313. The Morgan fingerprint density at radius 2 is 2.00 bits per heavy atom. The molecule has 1 aromatic carbocycles. The van der Waals surface area contributed by atoms with Gasteiger partial charge in [0, 0.05) is 19.2 Å². The van der Waals surface area contributed by atoms with Crippen LogP contribution in [0.4, 0.5) is 4.39 Å². The van der Waals surface area contributed by atoms with Crippen molar-refractivity contribution >= 4 is 5.91 Å². The zero-order valence-corrected chi connectivity index (χ0v) is 12.0. The highest BCUT2D eigenvalue weighted by Crippen LogP contribution is 2.21. The highest BCUT2D eigenvalue weighted by atomic mass is 19.1. The number of amides is 1. The average Bonchev–Trinajstić information content (AvgIpc) is 2.73. The van der Waals surface area contributed by atoms with Crippen molar-refractivity contribution in [1.29, 1.82) is 0 Å². The van der Waals surface area contributed by atoms with Gasteiger partial charge in [0.2, 0.25) is 0 Å². The third kappa shape index (κ3) is 4.22. The van der Waals surface area contributed by atoms with Crippen molar-refractivity contribution in [2.24, 2.45) is 0 Å². The molecule has 2 rings (SSSR count). The second-order valence-corrected chi connectivity index (χ2v) is 5.40. The van der Waals surface area contributed by atoms with Crippen LogP contribution in [0.25, 0.3) is 0 Å². The number of nitrogens with zero attached hydrogens (tertiary/aromatic N) is 1. The van der Waals surface area contributed by atoms with Gasteiger partial charge in [-0.3, -0.25) is 4.79 Å². The number of rotatable bonds is 4. The van der Waals surface area contributed by atoms with Gasteiger partial charge in [-0.1, -0.05) is 31.7 Å². The molecule has 0 bridgehead atoms. The summed E-state index contributed by atoms with van der Waals surface area (Å²) >= 11 is 0. The summed E-state index contributed by atoms with van der Waals surface area (Å²) < 4.78 is 18.4. The second-order valence-electron chi connectivity index (χ2n) is 5.40. The van der Waals surface area contributed by atoms with Crippen LogP contribution < -0.4 is 4.74 Å². The lowest BCUT2D eigenvalue weighted by atomic mass is 10.1. The lowest BCUT2D eigenvalue weighted by Gasteiger charge is -2.27. The van der Waals surface area contributed by atoms with Gasteiger partial charge in [0.25, 0.3) is 5.91 Å². The smallest absolute Gasteiger partial charge is 0.260 e. The third-order valence-electron chi connectivity index (χ3n) is 3.92. The molecule has 0 radical (unpaired) electrons. The van der Waals surface area contributed by atoms with Crippen LogP contribution in [-0.4, -0.2) is 30.5 Å². The minimum absolute atomic E-state index is 0.0313. The fourth-order valence-corrected chi connectivity index (χ4v) is 2.65. The van der Waals surface area contributed by atoms with Crippen molar-refractivity contribution in [3.8, 4) is 5.75 Å².